The Morgan fingerprint density at radius 2 is 2.29 bits per heavy atom. The van der Waals surface area contributed by atoms with E-state index in [1.807, 2.05) is 24.4 Å². The average molecular weight is 290 g/mol. The molecule has 0 amide bonds. The molecule has 86 valence electrons. The average Bonchev–Trinajstić information content (AvgIpc) is 2.77. The number of rotatable bonds is 3. The fourth-order valence-electron chi connectivity index (χ4n) is 1.73. The number of aryl methyl sites for hydroxylation is 1. The molecular weight excluding hydrogens is 278 g/mol. The molecule has 0 saturated carbocycles. The van der Waals surface area contributed by atoms with Gasteiger partial charge in [0, 0.05) is 23.3 Å². The first-order valence-electron chi connectivity index (χ1n) is 5.48. The van der Waals surface area contributed by atoms with Crippen LogP contribution in [0.2, 0.25) is 0 Å². The van der Waals surface area contributed by atoms with Crippen LogP contribution in [-0.2, 0) is 6.42 Å². The number of imidazole rings is 1. The van der Waals surface area contributed by atoms with Gasteiger partial charge in [0.25, 0.3) is 0 Å². The lowest BCUT2D eigenvalue weighted by Crippen LogP contribution is -2.01. The Bertz CT molecular complexity index is 566. The van der Waals surface area contributed by atoms with E-state index in [2.05, 4.69) is 38.5 Å². The van der Waals surface area contributed by atoms with E-state index in [1.54, 1.807) is 6.20 Å². The second kappa shape index (κ2) is 5.15. The lowest BCUT2D eigenvalue weighted by atomic mass is 10.2. The van der Waals surface area contributed by atoms with Gasteiger partial charge in [-0.15, -0.1) is 0 Å². The molecule has 0 spiro atoms. The molecule has 4 heteroatoms. The molecule has 0 bridgehead atoms. The molecule has 0 aliphatic carbocycles. The summed E-state index contributed by atoms with van der Waals surface area (Å²) in [5, 5.41) is 8.83. The zero-order valence-corrected chi connectivity index (χ0v) is 11.1. The minimum Gasteiger partial charge on any atom is -0.303 e. The molecule has 0 saturated heterocycles. The molecule has 2 aromatic rings. The molecule has 0 unspecified atom stereocenters. The summed E-state index contributed by atoms with van der Waals surface area (Å²) in [4.78, 5) is 4.34. The molecule has 1 aromatic heterocycles. The Hall–Kier alpha value is -1.60. The van der Waals surface area contributed by atoms with Crippen molar-refractivity contribution in [1.29, 1.82) is 5.26 Å². The summed E-state index contributed by atoms with van der Waals surface area (Å²) in [6.45, 7) is 2.13. The highest BCUT2D eigenvalue weighted by Crippen LogP contribution is 2.23. The van der Waals surface area contributed by atoms with Gasteiger partial charge in [0.2, 0.25) is 0 Å². The van der Waals surface area contributed by atoms with Crippen molar-refractivity contribution in [2.24, 2.45) is 0 Å². The highest BCUT2D eigenvalue weighted by atomic mass is 79.9. The topological polar surface area (TPSA) is 41.6 Å². The number of nitrogens with zero attached hydrogens (tertiary/aromatic N) is 3. The molecule has 0 aliphatic rings. The molecule has 1 aromatic carbocycles. The van der Waals surface area contributed by atoms with Gasteiger partial charge >= 0.3 is 0 Å². The lowest BCUT2D eigenvalue weighted by Gasteiger charge is -2.09. The molecule has 0 atom stereocenters. The van der Waals surface area contributed by atoms with Gasteiger partial charge in [-0.3, -0.25) is 0 Å². The Balaban J connectivity index is 2.46. The van der Waals surface area contributed by atoms with Gasteiger partial charge in [-0.1, -0.05) is 6.92 Å². The van der Waals surface area contributed by atoms with Gasteiger partial charge in [0.1, 0.15) is 5.82 Å². The molecule has 2 rings (SSSR count). The van der Waals surface area contributed by atoms with Crippen molar-refractivity contribution in [2.75, 3.05) is 0 Å². The number of aromatic nitrogens is 2. The number of hydrogen-bond acceptors (Lipinski definition) is 2. The molecule has 0 N–H and O–H groups in total. The maximum atomic E-state index is 8.83. The van der Waals surface area contributed by atoms with Gasteiger partial charge in [-0.2, -0.15) is 5.26 Å². The Morgan fingerprint density at radius 3 is 2.94 bits per heavy atom. The van der Waals surface area contributed by atoms with Crippen LogP contribution in [0.3, 0.4) is 0 Å². The Kier molecular flexibility index (Phi) is 3.60. The maximum absolute atomic E-state index is 8.83. The summed E-state index contributed by atoms with van der Waals surface area (Å²) in [6, 6.07) is 7.70. The summed E-state index contributed by atoms with van der Waals surface area (Å²) < 4.78 is 2.96. The SMILES string of the molecule is CCCc1nccn1-c1ccc(C#N)cc1Br. The van der Waals surface area contributed by atoms with E-state index in [4.69, 9.17) is 5.26 Å². The number of halogens is 1. The third-order valence-electron chi connectivity index (χ3n) is 2.53. The van der Waals surface area contributed by atoms with E-state index in [0.29, 0.717) is 5.56 Å². The van der Waals surface area contributed by atoms with Gasteiger partial charge in [-0.05, 0) is 40.5 Å². The second-order valence-corrected chi connectivity index (χ2v) is 4.60. The smallest absolute Gasteiger partial charge is 0.113 e. The normalized spacial score (nSPS) is 10.2. The zero-order valence-electron chi connectivity index (χ0n) is 9.52. The van der Waals surface area contributed by atoms with Crippen LogP contribution in [0.1, 0.15) is 24.7 Å². The van der Waals surface area contributed by atoms with Crippen LogP contribution >= 0.6 is 15.9 Å². The van der Waals surface area contributed by atoms with Crippen molar-refractivity contribution in [2.45, 2.75) is 19.8 Å². The van der Waals surface area contributed by atoms with Crippen LogP contribution in [0.4, 0.5) is 0 Å². The van der Waals surface area contributed by atoms with Crippen molar-refractivity contribution < 1.29 is 0 Å². The molecule has 3 nitrogen and oxygen atoms in total. The summed E-state index contributed by atoms with van der Waals surface area (Å²) in [5.41, 5.74) is 1.67. The third kappa shape index (κ3) is 2.40. The number of hydrogen-bond donors (Lipinski definition) is 0. The first-order valence-corrected chi connectivity index (χ1v) is 6.27. The van der Waals surface area contributed by atoms with E-state index in [1.165, 1.54) is 0 Å². The van der Waals surface area contributed by atoms with Gasteiger partial charge in [-0.25, -0.2) is 4.98 Å². The summed E-state index contributed by atoms with van der Waals surface area (Å²) in [6.07, 6.45) is 5.75. The fraction of sp³-hybridized carbons (Fsp3) is 0.231. The van der Waals surface area contributed by atoms with Crippen molar-refractivity contribution in [3.8, 4) is 11.8 Å². The predicted octanol–water partition coefficient (Wildman–Crippen LogP) is 3.46. The van der Waals surface area contributed by atoms with E-state index in [9.17, 15) is 0 Å². The maximum Gasteiger partial charge on any atom is 0.113 e. The largest absolute Gasteiger partial charge is 0.303 e. The lowest BCUT2D eigenvalue weighted by molar-refractivity contribution is 0.808. The van der Waals surface area contributed by atoms with Crippen LogP contribution in [0.5, 0.6) is 0 Å². The summed E-state index contributed by atoms with van der Waals surface area (Å²) in [7, 11) is 0. The standard InChI is InChI=1S/C13H12BrN3/c1-2-3-13-16-6-7-17(13)12-5-4-10(9-15)8-11(12)14/h4-8H,2-3H2,1H3. The molecule has 17 heavy (non-hydrogen) atoms. The van der Waals surface area contributed by atoms with Crippen molar-refractivity contribution in [3.63, 3.8) is 0 Å². The van der Waals surface area contributed by atoms with Crippen LogP contribution in [0.15, 0.2) is 35.1 Å². The molecule has 0 aliphatic heterocycles. The quantitative estimate of drug-likeness (QED) is 0.868. The third-order valence-corrected chi connectivity index (χ3v) is 3.16. The second-order valence-electron chi connectivity index (χ2n) is 3.74. The zero-order chi connectivity index (χ0) is 12.3. The van der Waals surface area contributed by atoms with Crippen LogP contribution in [0.25, 0.3) is 5.69 Å². The van der Waals surface area contributed by atoms with Crippen molar-refractivity contribution in [1.82, 2.24) is 9.55 Å². The number of nitriles is 1. The Morgan fingerprint density at radius 1 is 1.47 bits per heavy atom. The molecule has 1 heterocycles. The van der Waals surface area contributed by atoms with E-state index in [-0.39, 0.29) is 0 Å². The first-order chi connectivity index (χ1) is 8.26. The predicted molar refractivity (Wildman–Crippen MR) is 70.0 cm³/mol. The van der Waals surface area contributed by atoms with Crippen LogP contribution in [-0.4, -0.2) is 9.55 Å². The molecular formula is C13H12BrN3. The van der Waals surface area contributed by atoms with E-state index >= 15 is 0 Å². The minimum absolute atomic E-state index is 0.651. The van der Waals surface area contributed by atoms with Gasteiger partial charge in [0.05, 0.1) is 17.3 Å². The van der Waals surface area contributed by atoms with Gasteiger partial charge in [0.15, 0.2) is 0 Å². The van der Waals surface area contributed by atoms with Gasteiger partial charge < -0.3 is 4.57 Å². The fourth-order valence-corrected chi connectivity index (χ4v) is 2.30. The van der Waals surface area contributed by atoms with E-state index < -0.39 is 0 Å². The monoisotopic (exact) mass is 289 g/mol. The summed E-state index contributed by atoms with van der Waals surface area (Å²) in [5.74, 6) is 1.04. The summed E-state index contributed by atoms with van der Waals surface area (Å²) >= 11 is 3.49. The van der Waals surface area contributed by atoms with Crippen LogP contribution in [0, 0.1) is 11.3 Å². The highest BCUT2D eigenvalue weighted by molar-refractivity contribution is 9.10. The molecule has 0 radical (unpaired) electrons. The first kappa shape index (κ1) is 11.9. The molecule has 0 fully saturated rings. The van der Waals surface area contributed by atoms with Crippen molar-refractivity contribution in [3.05, 3.63) is 46.5 Å². The van der Waals surface area contributed by atoms with E-state index in [0.717, 1.165) is 28.8 Å². The minimum atomic E-state index is 0.651. The number of benzene rings is 1. The van der Waals surface area contributed by atoms with Crippen LogP contribution < -0.4 is 0 Å². The van der Waals surface area contributed by atoms with Crippen molar-refractivity contribution >= 4 is 15.9 Å². The Labute approximate surface area is 109 Å². The highest BCUT2D eigenvalue weighted by Gasteiger charge is 2.07.